The van der Waals surface area contributed by atoms with Crippen LogP contribution in [0.4, 0.5) is 4.79 Å². The Morgan fingerprint density at radius 1 is 0.962 bits per heavy atom. The number of likely N-dealkylation sites (N-methyl/N-ethyl adjacent to an activating group) is 1. The Bertz CT molecular complexity index is 702. The van der Waals surface area contributed by atoms with Gasteiger partial charge in [-0.2, -0.15) is 0 Å². The SMILES string of the molecule is CC(C)[C@@H](C(=O)OCc1ccccc1)N(C)C(=O)NCc1ccccc1. The molecule has 1 atom stereocenters. The second kappa shape index (κ2) is 9.61. The first kappa shape index (κ1) is 19.5. The molecule has 2 amide bonds. The lowest BCUT2D eigenvalue weighted by atomic mass is 10.0. The van der Waals surface area contributed by atoms with Crippen molar-refractivity contribution in [1.82, 2.24) is 10.2 Å². The van der Waals surface area contributed by atoms with E-state index in [2.05, 4.69) is 5.32 Å². The largest absolute Gasteiger partial charge is 0.459 e. The van der Waals surface area contributed by atoms with Gasteiger partial charge in [-0.05, 0) is 17.0 Å². The van der Waals surface area contributed by atoms with Gasteiger partial charge >= 0.3 is 12.0 Å². The lowest BCUT2D eigenvalue weighted by Crippen LogP contribution is -2.50. The van der Waals surface area contributed by atoms with Crippen molar-refractivity contribution < 1.29 is 14.3 Å². The fraction of sp³-hybridized carbons (Fsp3) is 0.333. The predicted molar refractivity (Wildman–Crippen MR) is 101 cm³/mol. The van der Waals surface area contributed by atoms with E-state index in [0.29, 0.717) is 6.54 Å². The fourth-order valence-corrected chi connectivity index (χ4v) is 2.72. The quantitative estimate of drug-likeness (QED) is 0.773. The molecule has 0 aliphatic carbocycles. The maximum absolute atomic E-state index is 12.5. The minimum atomic E-state index is -0.644. The molecule has 0 aliphatic rings. The summed E-state index contributed by atoms with van der Waals surface area (Å²) in [4.78, 5) is 26.4. The van der Waals surface area contributed by atoms with Gasteiger partial charge in [-0.15, -0.1) is 0 Å². The molecule has 0 saturated carbocycles. The summed E-state index contributed by atoms with van der Waals surface area (Å²) in [6.07, 6.45) is 0. The van der Waals surface area contributed by atoms with Crippen molar-refractivity contribution in [2.45, 2.75) is 33.0 Å². The molecule has 0 saturated heterocycles. The molecule has 0 fully saturated rings. The van der Waals surface area contributed by atoms with Crippen LogP contribution in [-0.4, -0.2) is 30.0 Å². The number of amides is 2. The van der Waals surface area contributed by atoms with E-state index >= 15 is 0 Å². The van der Waals surface area contributed by atoms with Crippen molar-refractivity contribution in [3.8, 4) is 0 Å². The zero-order valence-corrected chi connectivity index (χ0v) is 15.5. The third-order valence-electron chi connectivity index (χ3n) is 4.12. The second-order valence-corrected chi connectivity index (χ2v) is 6.54. The summed E-state index contributed by atoms with van der Waals surface area (Å²) < 4.78 is 5.43. The summed E-state index contributed by atoms with van der Waals surface area (Å²) in [7, 11) is 1.62. The van der Waals surface area contributed by atoms with Gasteiger partial charge < -0.3 is 15.0 Å². The summed E-state index contributed by atoms with van der Waals surface area (Å²) >= 11 is 0. The second-order valence-electron chi connectivity index (χ2n) is 6.54. The highest BCUT2D eigenvalue weighted by Gasteiger charge is 2.31. The Balaban J connectivity index is 1.93. The predicted octanol–water partition coefficient (Wildman–Crippen LogP) is 3.60. The van der Waals surface area contributed by atoms with Gasteiger partial charge in [-0.25, -0.2) is 9.59 Å². The van der Waals surface area contributed by atoms with Crippen molar-refractivity contribution in [3.63, 3.8) is 0 Å². The average Bonchev–Trinajstić information content (AvgIpc) is 2.66. The molecule has 2 aromatic rings. The Labute approximate surface area is 155 Å². The first-order valence-electron chi connectivity index (χ1n) is 8.74. The number of esters is 1. The van der Waals surface area contributed by atoms with Crippen molar-refractivity contribution >= 4 is 12.0 Å². The van der Waals surface area contributed by atoms with Gasteiger partial charge in [-0.1, -0.05) is 74.5 Å². The number of rotatable bonds is 7. The highest BCUT2D eigenvalue weighted by atomic mass is 16.5. The summed E-state index contributed by atoms with van der Waals surface area (Å²) in [5.74, 6) is -0.466. The summed E-state index contributed by atoms with van der Waals surface area (Å²) in [5.41, 5.74) is 1.92. The Hall–Kier alpha value is -2.82. The minimum Gasteiger partial charge on any atom is -0.459 e. The summed E-state index contributed by atoms with van der Waals surface area (Å²) in [6.45, 7) is 4.40. The minimum absolute atomic E-state index is 0.0641. The Morgan fingerprint density at radius 3 is 2.04 bits per heavy atom. The highest BCUT2D eigenvalue weighted by molar-refractivity contribution is 5.83. The molecule has 26 heavy (non-hydrogen) atoms. The molecule has 2 rings (SSSR count). The number of carbonyl (C=O) groups excluding carboxylic acids is 2. The number of hydrogen-bond acceptors (Lipinski definition) is 3. The standard InChI is InChI=1S/C21H26N2O3/c1-16(2)19(20(24)26-15-18-12-8-5-9-13-18)23(3)21(25)22-14-17-10-6-4-7-11-17/h4-13,16,19H,14-15H2,1-3H3,(H,22,25)/t19-/m0/s1. The van der Waals surface area contributed by atoms with Gasteiger partial charge in [0, 0.05) is 13.6 Å². The van der Waals surface area contributed by atoms with Gasteiger partial charge in [0.2, 0.25) is 0 Å². The van der Waals surface area contributed by atoms with Crippen LogP contribution >= 0.6 is 0 Å². The molecule has 5 nitrogen and oxygen atoms in total. The Morgan fingerprint density at radius 2 is 1.50 bits per heavy atom. The molecular weight excluding hydrogens is 328 g/mol. The topological polar surface area (TPSA) is 58.6 Å². The molecule has 0 unspecified atom stereocenters. The van der Waals surface area contributed by atoms with Crippen LogP contribution in [0.3, 0.4) is 0 Å². The van der Waals surface area contributed by atoms with E-state index in [1.54, 1.807) is 7.05 Å². The van der Waals surface area contributed by atoms with Crippen molar-refractivity contribution in [1.29, 1.82) is 0 Å². The monoisotopic (exact) mass is 354 g/mol. The van der Waals surface area contributed by atoms with Gasteiger partial charge in [0.05, 0.1) is 0 Å². The molecule has 1 N–H and O–H groups in total. The van der Waals surface area contributed by atoms with Crippen molar-refractivity contribution in [3.05, 3.63) is 71.8 Å². The zero-order chi connectivity index (χ0) is 18.9. The van der Waals surface area contributed by atoms with Gasteiger partial charge in [0.15, 0.2) is 0 Å². The number of urea groups is 1. The zero-order valence-electron chi connectivity index (χ0n) is 15.5. The molecule has 138 valence electrons. The number of benzene rings is 2. The number of ether oxygens (including phenoxy) is 1. The van der Waals surface area contributed by atoms with E-state index in [-0.39, 0.29) is 18.6 Å². The summed E-state index contributed by atoms with van der Waals surface area (Å²) in [5, 5.41) is 2.84. The van der Waals surface area contributed by atoms with Crippen LogP contribution in [0, 0.1) is 5.92 Å². The van der Waals surface area contributed by atoms with E-state index in [9.17, 15) is 9.59 Å². The number of nitrogens with one attached hydrogen (secondary N) is 1. The smallest absolute Gasteiger partial charge is 0.329 e. The third kappa shape index (κ3) is 5.62. The maximum Gasteiger partial charge on any atom is 0.329 e. The molecule has 0 aromatic heterocycles. The molecule has 0 bridgehead atoms. The fourth-order valence-electron chi connectivity index (χ4n) is 2.72. The lowest BCUT2D eigenvalue weighted by Gasteiger charge is -2.29. The van der Waals surface area contributed by atoms with Crippen LogP contribution in [0.1, 0.15) is 25.0 Å². The van der Waals surface area contributed by atoms with Gasteiger partial charge in [0.1, 0.15) is 12.6 Å². The van der Waals surface area contributed by atoms with E-state index in [0.717, 1.165) is 11.1 Å². The molecule has 5 heteroatoms. The highest BCUT2D eigenvalue weighted by Crippen LogP contribution is 2.13. The molecule has 0 heterocycles. The van der Waals surface area contributed by atoms with E-state index in [4.69, 9.17) is 4.74 Å². The van der Waals surface area contributed by atoms with Gasteiger partial charge in [-0.3, -0.25) is 0 Å². The Kier molecular flexibility index (Phi) is 7.21. The lowest BCUT2D eigenvalue weighted by molar-refractivity contribution is -0.151. The number of carbonyl (C=O) groups is 2. The van der Waals surface area contributed by atoms with Crippen LogP contribution in [-0.2, 0) is 22.7 Å². The van der Waals surface area contributed by atoms with Gasteiger partial charge in [0.25, 0.3) is 0 Å². The van der Waals surface area contributed by atoms with Crippen LogP contribution in [0.2, 0.25) is 0 Å². The van der Waals surface area contributed by atoms with E-state index in [1.165, 1.54) is 4.90 Å². The molecule has 2 aromatic carbocycles. The molecule has 0 aliphatic heterocycles. The van der Waals surface area contributed by atoms with E-state index < -0.39 is 12.0 Å². The maximum atomic E-state index is 12.5. The van der Waals surface area contributed by atoms with Crippen LogP contribution in [0.25, 0.3) is 0 Å². The van der Waals surface area contributed by atoms with Crippen molar-refractivity contribution in [2.24, 2.45) is 5.92 Å². The first-order valence-corrected chi connectivity index (χ1v) is 8.74. The third-order valence-corrected chi connectivity index (χ3v) is 4.12. The molecule has 0 spiro atoms. The van der Waals surface area contributed by atoms with Crippen LogP contribution < -0.4 is 5.32 Å². The molecule has 0 radical (unpaired) electrons. The first-order chi connectivity index (χ1) is 12.5. The number of nitrogens with zero attached hydrogens (tertiary/aromatic N) is 1. The number of hydrogen-bond donors (Lipinski definition) is 1. The summed E-state index contributed by atoms with van der Waals surface area (Å²) in [6, 6.07) is 18.2. The molecular formula is C21H26N2O3. The average molecular weight is 354 g/mol. The normalized spacial score (nSPS) is 11.7. The van der Waals surface area contributed by atoms with Crippen LogP contribution in [0.15, 0.2) is 60.7 Å². The van der Waals surface area contributed by atoms with Crippen molar-refractivity contribution in [2.75, 3.05) is 7.05 Å². The van der Waals surface area contributed by atoms with Crippen LogP contribution in [0.5, 0.6) is 0 Å². The van der Waals surface area contributed by atoms with E-state index in [1.807, 2.05) is 74.5 Å².